The van der Waals surface area contributed by atoms with Crippen molar-refractivity contribution in [3.63, 3.8) is 0 Å². The fraction of sp³-hybridized carbons (Fsp3) is 0.524. The highest BCUT2D eigenvalue weighted by Gasteiger charge is 2.52. The second kappa shape index (κ2) is 6.76. The Balaban J connectivity index is 2.77. The van der Waals surface area contributed by atoms with Crippen LogP contribution in [-0.2, 0) is 9.09 Å². The lowest BCUT2D eigenvalue weighted by Crippen LogP contribution is -2.49. The molecule has 2 N–H and O–H groups in total. The predicted octanol–water partition coefficient (Wildman–Crippen LogP) is 5.52. The highest BCUT2D eigenvalue weighted by Crippen LogP contribution is 2.57. The zero-order chi connectivity index (χ0) is 20.0. The molecule has 0 fully saturated rings. The van der Waals surface area contributed by atoms with E-state index in [-0.39, 0.29) is 11.3 Å². The zero-order valence-corrected chi connectivity index (χ0v) is 17.7. The van der Waals surface area contributed by atoms with Crippen LogP contribution >= 0.6 is 7.82 Å². The van der Waals surface area contributed by atoms with Crippen LogP contribution in [0.15, 0.2) is 48.1 Å². The minimum atomic E-state index is -4.71. The summed E-state index contributed by atoms with van der Waals surface area (Å²) in [7, 11) is -4.71. The molecule has 0 amide bonds. The molecule has 0 bridgehead atoms. The molecule has 0 spiro atoms. The lowest BCUT2D eigenvalue weighted by atomic mass is 9.62. The van der Waals surface area contributed by atoms with E-state index in [2.05, 4.69) is 26.8 Å². The third-order valence-electron chi connectivity index (χ3n) is 5.15. The van der Waals surface area contributed by atoms with Gasteiger partial charge in [0.25, 0.3) is 0 Å². The summed E-state index contributed by atoms with van der Waals surface area (Å²) in [6.07, 6.45) is 5.92. The quantitative estimate of drug-likeness (QED) is 0.680. The van der Waals surface area contributed by atoms with E-state index in [1.165, 1.54) is 0 Å². The van der Waals surface area contributed by atoms with Crippen molar-refractivity contribution in [2.45, 2.75) is 60.0 Å². The zero-order valence-electron chi connectivity index (χ0n) is 16.8. The number of rotatable bonds is 3. The van der Waals surface area contributed by atoms with E-state index in [0.29, 0.717) is 0 Å². The number of hydrogen-bond acceptors (Lipinski definition) is 2. The maximum atomic E-state index is 11.9. The monoisotopic (exact) mass is 378 g/mol. The van der Waals surface area contributed by atoms with Gasteiger partial charge in [0, 0.05) is 5.92 Å². The van der Waals surface area contributed by atoms with Crippen molar-refractivity contribution < 1.29 is 18.9 Å². The maximum Gasteiger partial charge on any atom is 0.470 e. The smallest absolute Gasteiger partial charge is 0.303 e. The lowest BCUT2D eigenvalue weighted by Gasteiger charge is -2.49. The minimum Gasteiger partial charge on any atom is -0.303 e. The molecule has 0 aliphatic heterocycles. The molecule has 0 saturated heterocycles. The van der Waals surface area contributed by atoms with Crippen LogP contribution in [-0.4, -0.2) is 15.4 Å². The van der Waals surface area contributed by atoms with Gasteiger partial charge in [-0.25, -0.2) is 4.57 Å². The third kappa shape index (κ3) is 4.20. The van der Waals surface area contributed by atoms with Crippen LogP contribution in [0.5, 0.6) is 0 Å². The maximum absolute atomic E-state index is 11.9. The van der Waals surface area contributed by atoms with Crippen molar-refractivity contribution in [2.75, 3.05) is 0 Å². The molecule has 26 heavy (non-hydrogen) atoms. The summed E-state index contributed by atoms with van der Waals surface area (Å²) in [5.41, 5.74) is 1.43. The average Bonchev–Trinajstić information content (AvgIpc) is 2.44. The van der Waals surface area contributed by atoms with Crippen molar-refractivity contribution in [1.29, 1.82) is 0 Å². The largest absolute Gasteiger partial charge is 0.470 e. The van der Waals surface area contributed by atoms with Crippen LogP contribution in [0.25, 0.3) is 0 Å². The van der Waals surface area contributed by atoms with Gasteiger partial charge < -0.3 is 9.79 Å². The van der Waals surface area contributed by atoms with Gasteiger partial charge >= 0.3 is 7.82 Å². The Morgan fingerprint density at radius 1 is 1.08 bits per heavy atom. The SMILES string of the molecule is Cc1ccccc1C1C=C(C(C)(C)C)C=CC1(OP(=O)(O)O)C(C)(C)C. The molecular weight excluding hydrogens is 347 g/mol. The van der Waals surface area contributed by atoms with E-state index in [0.717, 1.165) is 16.7 Å². The molecule has 2 rings (SSSR count). The molecule has 2 unspecified atom stereocenters. The summed E-state index contributed by atoms with van der Waals surface area (Å²) in [5.74, 6) is -0.310. The summed E-state index contributed by atoms with van der Waals surface area (Å²) >= 11 is 0. The summed E-state index contributed by atoms with van der Waals surface area (Å²) in [4.78, 5) is 19.4. The summed E-state index contributed by atoms with van der Waals surface area (Å²) in [6, 6.07) is 7.95. The average molecular weight is 378 g/mol. The van der Waals surface area contributed by atoms with Gasteiger partial charge in [0.15, 0.2) is 0 Å². The van der Waals surface area contributed by atoms with E-state index < -0.39 is 18.8 Å². The van der Waals surface area contributed by atoms with E-state index in [9.17, 15) is 14.4 Å². The molecule has 4 nitrogen and oxygen atoms in total. The first kappa shape index (κ1) is 21.1. The number of hydrogen-bond donors (Lipinski definition) is 2. The van der Waals surface area contributed by atoms with Gasteiger partial charge in [-0.3, -0.25) is 4.52 Å². The van der Waals surface area contributed by atoms with Crippen LogP contribution < -0.4 is 0 Å². The Kier molecular flexibility index (Phi) is 5.49. The molecule has 1 aromatic rings. The van der Waals surface area contributed by atoms with Crippen LogP contribution in [0, 0.1) is 17.8 Å². The topological polar surface area (TPSA) is 66.8 Å². The molecule has 0 radical (unpaired) electrons. The van der Waals surface area contributed by atoms with Crippen molar-refractivity contribution in [3.05, 3.63) is 59.2 Å². The molecule has 0 aromatic heterocycles. The first-order chi connectivity index (χ1) is 11.7. The van der Waals surface area contributed by atoms with Gasteiger partial charge in [-0.2, -0.15) is 0 Å². The third-order valence-corrected chi connectivity index (χ3v) is 5.69. The number of phosphoric ester groups is 1. The first-order valence-electron chi connectivity index (χ1n) is 8.91. The molecule has 144 valence electrons. The second-order valence-corrected chi connectivity index (χ2v) is 10.3. The predicted molar refractivity (Wildman–Crippen MR) is 106 cm³/mol. The molecule has 0 heterocycles. The number of aryl methyl sites for hydroxylation is 1. The van der Waals surface area contributed by atoms with Gasteiger partial charge in [-0.05, 0) is 34.5 Å². The molecule has 1 aliphatic rings. The van der Waals surface area contributed by atoms with Crippen molar-refractivity contribution in [1.82, 2.24) is 0 Å². The molecule has 5 heteroatoms. The molecule has 2 atom stereocenters. The molecule has 1 aromatic carbocycles. The van der Waals surface area contributed by atoms with Crippen LogP contribution in [0.2, 0.25) is 0 Å². The Hall–Kier alpha value is -1.19. The highest BCUT2D eigenvalue weighted by atomic mass is 31.2. The van der Waals surface area contributed by atoms with Crippen molar-refractivity contribution >= 4 is 7.82 Å². The van der Waals surface area contributed by atoms with Gasteiger partial charge in [-0.15, -0.1) is 0 Å². The molecule has 0 saturated carbocycles. The van der Waals surface area contributed by atoms with Gasteiger partial charge in [-0.1, -0.05) is 84.0 Å². The molecule has 1 aliphatic carbocycles. The lowest BCUT2D eigenvalue weighted by molar-refractivity contribution is -0.0256. The first-order valence-corrected chi connectivity index (χ1v) is 10.4. The van der Waals surface area contributed by atoms with Crippen LogP contribution in [0.1, 0.15) is 58.6 Å². The van der Waals surface area contributed by atoms with E-state index >= 15 is 0 Å². The molecular formula is C21H31O4P. The fourth-order valence-corrected chi connectivity index (χ4v) is 4.41. The van der Waals surface area contributed by atoms with Crippen LogP contribution in [0.3, 0.4) is 0 Å². The second-order valence-electron chi connectivity index (χ2n) is 9.16. The Labute approximate surface area is 157 Å². The van der Waals surface area contributed by atoms with Gasteiger partial charge in [0.05, 0.1) is 0 Å². The number of phosphoric acid groups is 1. The Morgan fingerprint density at radius 3 is 2.12 bits per heavy atom. The summed E-state index contributed by atoms with van der Waals surface area (Å²) < 4.78 is 17.5. The number of allylic oxidation sites excluding steroid dienone is 2. The summed E-state index contributed by atoms with van der Waals surface area (Å²) in [5, 5.41) is 0. The Bertz CT molecular complexity index is 774. The Morgan fingerprint density at radius 2 is 1.65 bits per heavy atom. The number of benzene rings is 1. The minimum absolute atomic E-state index is 0.0798. The highest BCUT2D eigenvalue weighted by molar-refractivity contribution is 7.46. The van der Waals surface area contributed by atoms with E-state index in [1.807, 2.05) is 64.1 Å². The fourth-order valence-electron chi connectivity index (χ4n) is 3.57. The van der Waals surface area contributed by atoms with E-state index in [4.69, 9.17) is 4.52 Å². The van der Waals surface area contributed by atoms with Crippen LogP contribution in [0.4, 0.5) is 0 Å². The van der Waals surface area contributed by atoms with Crippen molar-refractivity contribution in [2.24, 2.45) is 10.8 Å². The summed E-state index contributed by atoms with van der Waals surface area (Å²) in [6.45, 7) is 14.3. The van der Waals surface area contributed by atoms with Gasteiger partial charge in [0.1, 0.15) is 5.60 Å². The van der Waals surface area contributed by atoms with E-state index in [1.54, 1.807) is 0 Å². The standard InChI is InChI=1S/C21H31O4P/c1-15-10-8-9-11-17(15)18-14-16(19(2,3)4)12-13-21(18,20(5,6)7)25-26(22,23)24/h8-14,18H,1-7H3,(H2,22,23,24). The van der Waals surface area contributed by atoms with Crippen molar-refractivity contribution in [3.8, 4) is 0 Å². The van der Waals surface area contributed by atoms with Gasteiger partial charge in [0.2, 0.25) is 0 Å². The normalized spacial score (nSPS) is 24.5.